The smallest absolute Gasteiger partial charge is 0.321 e. The van der Waals surface area contributed by atoms with Gasteiger partial charge >= 0.3 is 5.97 Å². The average Bonchev–Trinajstić information content (AvgIpc) is 2.84. The molecule has 12 nitrogen and oxygen atoms in total. The minimum atomic E-state index is -1.24. The summed E-state index contributed by atoms with van der Waals surface area (Å²) in [6.07, 6.45) is 1.15. The minimum absolute atomic E-state index is 0.0461. The number of halogens is 1. The molecule has 1 aromatic carbocycles. The maximum atomic E-state index is 14.4. The van der Waals surface area contributed by atoms with Crippen molar-refractivity contribution in [2.24, 2.45) is 5.73 Å². The highest BCUT2D eigenvalue weighted by molar-refractivity contribution is 7.99. The van der Waals surface area contributed by atoms with E-state index in [1.165, 1.54) is 15.5 Å². The molecule has 4 rings (SSSR count). The van der Waals surface area contributed by atoms with E-state index in [1.807, 2.05) is 6.92 Å². The Labute approximate surface area is 213 Å². The zero-order chi connectivity index (χ0) is 27.0. The number of carboxylic acid groups (broad SMARTS) is 1. The third kappa shape index (κ3) is 5.12. The van der Waals surface area contributed by atoms with Crippen molar-refractivity contribution in [2.45, 2.75) is 49.6 Å². The number of phenolic OH excluding ortho intramolecular Hbond substituents is 1. The number of carbonyl (C=O) groups is 3. The summed E-state index contributed by atoms with van der Waals surface area (Å²) in [5.74, 6) is -4.96. The molecule has 3 unspecified atom stereocenters. The number of thioether (sulfide) groups is 1. The molecule has 198 valence electrons. The second kappa shape index (κ2) is 10.4. The first-order valence-corrected chi connectivity index (χ1v) is 12.3. The fraction of sp³-hybridized carbons (Fsp3) is 0.391. The van der Waals surface area contributed by atoms with Crippen LogP contribution in [-0.2, 0) is 22.6 Å². The number of hydrogen-bond acceptors (Lipinski definition) is 9. The average molecular weight is 537 g/mol. The van der Waals surface area contributed by atoms with E-state index in [0.29, 0.717) is 13.0 Å². The highest BCUT2D eigenvalue weighted by Gasteiger charge is 2.41. The Hall–Kier alpha value is -3.62. The highest BCUT2D eigenvalue weighted by Crippen LogP contribution is 2.32. The zero-order valence-electron chi connectivity index (χ0n) is 19.6. The number of aromatic nitrogens is 1. The Morgan fingerprint density at radius 2 is 2.05 bits per heavy atom. The van der Waals surface area contributed by atoms with E-state index in [2.05, 4.69) is 5.32 Å². The Morgan fingerprint density at radius 1 is 1.32 bits per heavy atom. The molecule has 0 bridgehead atoms. The van der Waals surface area contributed by atoms with Gasteiger partial charge in [0.05, 0.1) is 13.2 Å². The van der Waals surface area contributed by atoms with Gasteiger partial charge in [0.1, 0.15) is 23.2 Å². The van der Waals surface area contributed by atoms with Crippen LogP contribution in [0.1, 0.15) is 39.8 Å². The van der Waals surface area contributed by atoms with Crippen LogP contribution in [0.5, 0.6) is 11.5 Å². The number of rotatable bonds is 7. The van der Waals surface area contributed by atoms with Crippen LogP contribution >= 0.6 is 11.8 Å². The van der Waals surface area contributed by atoms with Crippen molar-refractivity contribution in [3.05, 3.63) is 51.2 Å². The number of nitrogens with one attached hydrogen (secondary N) is 1. The lowest BCUT2D eigenvalue weighted by atomic mass is 10.1. The number of carboxylic acids is 1. The van der Waals surface area contributed by atoms with Crippen molar-refractivity contribution >= 4 is 29.5 Å². The number of phenols is 1. The third-order valence-corrected chi connectivity index (χ3v) is 7.39. The molecule has 1 fully saturated rings. The standard InChI is InChI=1S/C23H25FN4O8S/c1-10-2-3-36-17-8-27-7-12(19(30)20(31)18(27)22(33)28(10)17)21(32)26-6-11-4-16(15(29)5-13(11)24)37-9-14(25)23(34)35/h4-5,7,10,14,17,29,31H,2-3,6,8-9,25H2,1H3,(H,26,32)(H,34,35). The number of pyridine rings is 1. The Kier molecular flexibility index (Phi) is 7.43. The molecule has 0 saturated carbocycles. The van der Waals surface area contributed by atoms with Gasteiger partial charge in [0.2, 0.25) is 5.43 Å². The number of aromatic hydroxyl groups is 2. The van der Waals surface area contributed by atoms with Crippen molar-refractivity contribution < 1.29 is 38.8 Å². The van der Waals surface area contributed by atoms with Crippen molar-refractivity contribution in [1.82, 2.24) is 14.8 Å². The second-order valence-corrected chi connectivity index (χ2v) is 9.81. The molecular weight excluding hydrogens is 511 g/mol. The van der Waals surface area contributed by atoms with Crippen molar-refractivity contribution in [3.8, 4) is 11.5 Å². The molecule has 0 radical (unpaired) electrons. The summed E-state index contributed by atoms with van der Waals surface area (Å²) >= 11 is 0.897. The lowest BCUT2D eigenvalue weighted by molar-refractivity contribution is -0.137. The SMILES string of the molecule is CC1CCOC2Cn3cc(C(=O)NCc4cc(SCC(N)C(=O)O)c(O)cc4F)c(=O)c(O)c3C(=O)N12. The predicted molar refractivity (Wildman–Crippen MR) is 128 cm³/mol. The van der Waals surface area contributed by atoms with E-state index < -0.39 is 58.4 Å². The van der Waals surface area contributed by atoms with Crippen LogP contribution in [0.3, 0.4) is 0 Å². The number of hydrogen-bond donors (Lipinski definition) is 5. The molecule has 3 atom stereocenters. The monoisotopic (exact) mass is 536 g/mol. The molecular formula is C23H25FN4O8S. The minimum Gasteiger partial charge on any atom is -0.507 e. The van der Waals surface area contributed by atoms with Gasteiger partial charge in [0.25, 0.3) is 11.8 Å². The van der Waals surface area contributed by atoms with E-state index in [4.69, 9.17) is 15.6 Å². The molecule has 14 heteroatoms. The normalized spacial score (nSPS) is 19.6. The molecule has 2 aliphatic rings. The van der Waals surface area contributed by atoms with Crippen LogP contribution in [0.2, 0.25) is 0 Å². The van der Waals surface area contributed by atoms with Crippen LogP contribution in [0, 0.1) is 5.82 Å². The number of carbonyl (C=O) groups excluding carboxylic acids is 2. The van der Waals surface area contributed by atoms with Crippen LogP contribution < -0.4 is 16.5 Å². The summed E-state index contributed by atoms with van der Waals surface area (Å²) in [7, 11) is 0. The maximum absolute atomic E-state index is 14.4. The Balaban J connectivity index is 1.54. The van der Waals surface area contributed by atoms with E-state index in [1.54, 1.807) is 0 Å². The number of benzene rings is 1. The number of nitrogens with zero attached hydrogens (tertiary/aromatic N) is 2. The summed E-state index contributed by atoms with van der Waals surface area (Å²) < 4.78 is 21.4. The molecule has 3 heterocycles. The summed E-state index contributed by atoms with van der Waals surface area (Å²) in [5.41, 5.74) is 3.67. The van der Waals surface area contributed by atoms with Gasteiger partial charge in [0.15, 0.2) is 17.7 Å². The van der Waals surface area contributed by atoms with E-state index in [9.17, 15) is 33.8 Å². The molecule has 1 aromatic heterocycles. The summed E-state index contributed by atoms with van der Waals surface area (Å²) in [5, 5.41) is 31.8. The van der Waals surface area contributed by atoms with Gasteiger partial charge in [-0.05, 0) is 19.4 Å². The van der Waals surface area contributed by atoms with Gasteiger partial charge < -0.3 is 40.6 Å². The van der Waals surface area contributed by atoms with E-state index in [0.717, 1.165) is 24.0 Å². The Bertz CT molecular complexity index is 1330. The fourth-order valence-electron chi connectivity index (χ4n) is 4.18. The first kappa shape index (κ1) is 26.4. The van der Waals surface area contributed by atoms with E-state index in [-0.39, 0.29) is 41.0 Å². The van der Waals surface area contributed by atoms with Crippen molar-refractivity contribution in [1.29, 1.82) is 0 Å². The van der Waals surface area contributed by atoms with Gasteiger partial charge in [-0.3, -0.25) is 19.2 Å². The lowest BCUT2D eigenvalue weighted by Crippen LogP contribution is -2.57. The third-order valence-electron chi connectivity index (χ3n) is 6.22. The fourth-order valence-corrected chi connectivity index (χ4v) is 5.11. The summed E-state index contributed by atoms with van der Waals surface area (Å²) in [6, 6.07) is 0.693. The summed E-state index contributed by atoms with van der Waals surface area (Å²) in [6.45, 7) is 1.99. The van der Waals surface area contributed by atoms with Crippen molar-refractivity contribution in [2.75, 3.05) is 12.4 Å². The molecule has 2 aliphatic heterocycles. The van der Waals surface area contributed by atoms with Crippen LogP contribution in [0.25, 0.3) is 0 Å². The molecule has 0 spiro atoms. The van der Waals surface area contributed by atoms with E-state index >= 15 is 0 Å². The van der Waals surface area contributed by atoms with Gasteiger partial charge in [-0.15, -0.1) is 11.8 Å². The lowest BCUT2D eigenvalue weighted by Gasteiger charge is -2.44. The van der Waals surface area contributed by atoms with Gasteiger partial charge in [-0.1, -0.05) is 0 Å². The molecule has 6 N–H and O–H groups in total. The number of ether oxygens (including phenoxy) is 1. The topological polar surface area (TPSA) is 184 Å². The van der Waals surface area contributed by atoms with Crippen LogP contribution in [0.15, 0.2) is 28.0 Å². The molecule has 2 amide bonds. The summed E-state index contributed by atoms with van der Waals surface area (Å²) in [4.78, 5) is 51.1. The molecule has 0 aliphatic carbocycles. The second-order valence-electron chi connectivity index (χ2n) is 8.75. The highest BCUT2D eigenvalue weighted by atomic mass is 32.2. The molecule has 37 heavy (non-hydrogen) atoms. The number of aliphatic carboxylic acids is 1. The zero-order valence-corrected chi connectivity index (χ0v) is 20.5. The van der Waals surface area contributed by atoms with Crippen LogP contribution in [0.4, 0.5) is 4.39 Å². The maximum Gasteiger partial charge on any atom is 0.321 e. The number of nitrogens with two attached hydrogens (primary N) is 1. The first-order chi connectivity index (χ1) is 17.5. The van der Waals surface area contributed by atoms with Crippen LogP contribution in [-0.4, -0.2) is 73.2 Å². The van der Waals surface area contributed by atoms with Crippen molar-refractivity contribution in [3.63, 3.8) is 0 Å². The number of amides is 2. The number of fused-ring (bicyclic) bond motifs is 2. The Morgan fingerprint density at radius 3 is 2.76 bits per heavy atom. The first-order valence-electron chi connectivity index (χ1n) is 11.3. The van der Waals surface area contributed by atoms with Gasteiger partial charge in [0, 0.05) is 41.1 Å². The molecule has 1 saturated heterocycles. The predicted octanol–water partition coefficient (Wildman–Crippen LogP) is 0.423. The molecule has 2 aromatic rings. The van der Waals surface area contributed by atoms with Gasteiger partial charge in [-0.25, -0.2) is 4.39 Å². The largest absolute Gasteiger partial charge is 0.507 e. The van der Waals surface area contributed by atoms with Gasteiger partial charge in [-0.2, -0.15) is 0 Å². The quantitative estimate of drug-likeness (QED) is 0.311.